The second-order valence-electron chi connectivity index (χ2n) is 3.82. The van der Waals surface area contributed by atoms with Crippen molar-refractivity contribution in [2.45, 2.75) is 19.9 Å². The molecule has 1 aromatic rings. The molecule has 1 atom stereocenters. The van der Waals surface area contributed by atoms with Gasteiger partial charge in [-0.3, -0.25) is 0 Å². The number of anilines is 1. The highest BCUT2D eigenvalue weighted by molar-refractivity contribution is 7.15. The van der Waals surface area contributed by atoms with Crippen molar-refractivity contribution in [2.24, 2.45) is 0 Å². The Labute approximate surface area is 97.7 Å². The Hall–Kier alpha value is -1.14. The molecule has 0 bridgehead atoms. The molecule has 0 amide bonds. The minimum Gasteiger partial charge on any atom is -0.476 e. The number of aromatic nitrogens is 1. The quantitative estimate of drug-likeness (QED) is 0.848. The Morgan fingerprint density at radius 1 is 1.69 bits per heavy atom. The SMILES string of the molecule is Cc1sc(N2CCOCC2C)nc1C(=O)O. The molecule has 1 unspecified atom stereocenters. The number of ether oxygens (including phenoxy) is 1. The zero-order chi connectivity index (χ0) is 11.7. The van der Waals surface area contributed by atoms with E-state index in [0.717, 1.165) is 16.6 Å². The second-order valence-corrected chi connectivity index (χ2v) is 5.01. The third-order valence-electron chi connectivity index (χ3n) is 2.60. The number of hydrogen-bond donors (Lipinski definition) is 1. The maximum absolute atomic E-state index is 10.9. The van der Waals surface area contributed by atoms with E-state index in [0.29, 0.717) is 13.2 Å². The number of rotatable bonds is 2. The average Bonchev–Trinajstić information content (AvgIpc) is 2.61. The molecule has 0 radical (unpaired) electrons. The first kappa shape index (κ1) is 11.3. The topological polar surface area (TPSA) is 62.7 Å². The van der Waals surface area contributed by atoms with E-state index in [1.165, 1.54) is 11.3 Å². The summed E-state index contributed by atoms with van der Waals surface area (Å²) in [5.41, 5.74) is 0.165. The predicted molar refractivity (Wildman–Crippen MR) is 61.4 cm³/mol. The number of thiazole rings is 1. The van der Waals surface area contributed by atoms with E-state index in [1.807, 2.05) is 0 Å². The van der Waals surface area contributed by atoms with E-state index >= 15 is 0 Å². The number of aromatic carboxylic acids is 1. The number of carboxylic acid groups (broad SMARTS) is 1. The lowest BCUT2D eigenvalue weighted by atomic mass is 10.3. The summed E-state index contributed by atoms with van der Waals surface area (Å²) in [6, 6.07) is 0.251. The molecule has 1 aromatic heterocycles. The van der Waals surface area contributed by atoms with Gasteiger partial charge in [0, 0.05) is 11.4 Å². The molecule has 1 saturated heterocycles. The Morgan fingerprint density at radius 2 is 2.44 bits per heavy atom. The highest BCUT2D eigenvalue weighted by Crippen LogP contribution is 2.28. The highest BCUT2D eigenvalue weighted by Gasteiger charge is 2.24. The molecule has 6 heteroatoms. The molecule has 1 N–H and O–H groups in total. The fourth-order valence-electron chi connectivity index (χ4n) is 1.72. The molecule has 0 saturated carbocycles. The molecule has 1 aliphatic rings. The van der Waals surface area contributed by atoms with Crippen LogP contribution in [0.15, 0.2) is 0 Å². The van der Waals surface area contributed by atoms with Gasteiger partial charge in [-0.25, -0.2) is 9.78 Å². The zero-order valence-electron chi connectivity index (χ0n) is 9.27. The van der Waals surface area contributed by atoms with Gasteiger partial charge in [-0.2, -0.15) is 0 Å². The maximum Gasteiger partial charge on any atom is 0.355 e. The number of carbonyl (C=O) groups is 1. The molecule has 0 spiro atoms. The Balaban J connectivity index is 2.26. The minimum atomic E-state index is -0.957. The summed E-state index contributed by atoms with van der Waals surface area (Å²) in [5.74, 6) is -0.957. The van der Waals surface area contributed by atoms with Gasteiger partial charge in [0.1, 0.15) is 0 Å². The largest absolute Gasteiger partial charge is 0.476 e. The van der Waals surface area contributed by atoms with Crippen LogP contribution in [-0.2, 0) is 4.74 Å². The van der Waals surface area contributed by atoms with Crippen molar-refractivity contribution in [3.8, 4) is 0 Å². The molecule has 0 aliphatic carbocycles. The van der Waals surface area contributed by atoms with E-state index < -0.39 is 5.97 Å². The maximum atomic E-state index is 10.9. The van der Waals surface area contributed by atoms with Gasteiger partial charge in [0.15, 0.2) is 10.8 Å². The fraction of sp³-hybridized carbons (Fsp3) is 0.600. The second kappa shape index (κ2) is 4.39. The summed E-state index contributed by atoms with van der Waals surface area (Å²) < 4.78 is 5.34. The first-order valence-corrected chi connectivity index (χ1v) is 5.96. The van der Waals surface area contributed by atoms with Crippen LogP contribution in [0.25, 0.3) is 0 Å². The molecule has 2 rings (SSSR count). The van der Waals surface area contributed by atoms with Gasteiger partial charge in [-0.1, -0.05) is 0 Å². The van der Waals surface area contributed by atoms with Crippen molar-refractivity contribution in [3.05, 3.63) is 10.6 Å². The van der Waals surface area contributed by atoms with Crippen molar-refractivity contribution in [1.82, 2.24) is 4.98 Å². The molecule has 0 aromatic carbocycles. The molecule has 88 valence electrons. The van der Waals surface area contributed by atoms with Crippen LogP contribution in [0.3, 0.4) is 0 Å². The fourth-order valence-corrected chi connectivity index (χ4v) is 2.74. The third kappa shape index (κ3) is 2.03. The van der Waals surface area contributed by atoms with Crippen LogP contribution in [0.2, 0.25) is 0 Å². The molecule has 5 nitrogen and oxygen atoms in total. The summed E-state index contributed by atoms with van der Waals surface area (Å²) in [5, 5.41) is 9.73. The van der Waals surface area contributed by atoms with E-state index in [4.69, 9.17) is 9.84 Å². The zero-order valence-corrected chi connectivity index (χ0v) is 10.1. The van der Waals surface area contributed by atoms with Gasteiger partial charge >= 0.3 is 5.97 Å². The summed E-state index contributed by atoms with van der Waals surface area (Å²) in [6.07, 6.45) is 0. The van der Waals surface area contributed by atoms with Crippen molar-refractivity contribution in [1.29, 1.82) is 0 Å². The van der Waals surface area contributed by atoms with Crippen LogP contribution in [0.5, 0.6) is 0 Å². The monoisotopic (exact) mass is 242 g/mol. The lowest BCUT2D eigenvalue weighted by molar-refractivity contribution is 0.0690. The van der Waals surface area contributed by atoms with Gasteiger partial charge in [-0.05, 0) is 13.8 Å². The van der Waals surface area contributed by atoms with Crippen molar-refractivity contribution in [3.63, 3.8) is 0 Å². The molecule has 1 aliphatic heterocycles. The van der Waals surface area contributed by atoms with Crippen LogP contribution in [0.1, 0.15) is 22.3 Å². The van der Waals surface area contributed by atoms with Crippen LogP contribution >= 0.6 is 11.3 Å². The van der Waals surface area contributed by atoms with Crippen LogP contribution in [0, 0.1) is 6.92 Å². The van der Waals surface area contributed by atoms with Gasteiger partial charge in [0.2, 0.25) is 0 Å². The average molecular weight is 242 g/mol. The third-order valence-corrected chi connectivity index (χ3v) is 3.61. The van der Waals surface area contributed by atoms with Crippen molar-refractivity contribution >= 4 is 22.4 Å². The van der Waals surface area contributed by atoms with Gasteiger partial charge < -0.3 is 14.7 Å². The number of carboxylic acids is 1. The molecule has 16 heavy (non-hydrogen) atoms. The van der Waals surface area contributed by atoms with Crippen LogP contribution in [-0.4, -0.2) is 41.9 Å². The van der Waals surface area contributed by atoms with Crippen LogP contribution < -0.4 is 4.90 Å². The molecule has 2 heterocycles. The summed E-state index contributed by atoms with van der Waals surface area (Å²) >= 11 is 1.43. The van der Waals surface area contributed by atoms with Crippen molar-refractivity contribution in [2.75, 3.05) is 24.7 Å². The summed E-state index contributed by atoms with van der Waals surface area (Å²) in [7, 11) is 0. The van der Waals surface area contributed by atoms with Crippen LogP contribution in [0.4, 0.5) is 5.13 Å². The smallest absolute Gasteiger partial charge is 0.355 e. The lowest BCUT2D eigenvalue weighted by Crippen LogP contribution is -2.43. The van der Waals surface area contributed by atoms with Gasteiger partial charge in [0.25, 0.3) is 0 Å². The molecular formula is C10H14N2O3S. The van der Waals surface area contributed by atoms with E-state index in [1.54, 1.807) is 6.92 Å². The number of morpholine rings is 1. The van der Waals surface area contributed by atoms with E-state index in [-0.39, 0.29) is 11.7 Å². The number of nitrogens with zero attached hydrogens (tertiary/aromatic N) is 2. The predicted octanol–water partition coefficient (Wildman–Crippen LogP) is 1.37. The Bertz CT molecular complexity index is 405. The first-order chi connectivity index (χ1) is 7.59. The Kier molecular flexibility index (Phi) is 3.11. The van der Waals surface area contributed by atoms with E-state index in [9.17, 15) is 4.79 Å². The first-order valence-electron chi connectivity index (χ1n) is 5.14. The summed E-state index contributed by atoms with van der Waals surface area (Å²) in [6.45, 7) is 5.95. The lowest BCUT2D eigenvalue weighted by Gasteiger charge is -2.32. The minimum absolute atomic E-state index is 0.165. The standard InChI is InChI=1S/C10H14N2O3S/c1-6-5-15-4-3-12(6)10-11-8(9(13)14)7(2)16-10/h6H,3-5H2,1-2H3,(H,13,14). The highest BCUT2D eigenvalue weighted by atomic mass is 32.1. The Morgan fingerprint density at radius 3 is 3.00 bits per heavy atom. The molecular weight excluding hydrogens is 228 g/mol. The van der Waals surface area contributed by atoms with E-state index in [2.05, 4.69) is 16.8 Å². The van der Waals surface area contributed by atoms with Gasteiger partial charge in [0.05, 0.1) is 19.3 Å². The van der Waals surface area contributed by atoms with Crippen molar-refractivity contribution < 1.29 is 14.6 Å². The number of aryl methyl sites for hydroxylation is 1. The summed E-state index contributed by atoms with van der Waals surface area (Å²) in [4.78, 5) is 17.9. The van der Waals surface area contributed by atoms with Gasteiger partial charge in [-0.15, -0.1) is 11.3 Å². The molecule has 1 fully saturated rings. The number of hydrogen-bond acceptors (Lipinski definition) is 5. The normalized spacial score (nSPS) is 21.1.